The van der Waals surface area contributed by atoms with Crippen LogP contribution in [0.4, 0.5) is 0 Å². The van der Waals surface area contributed by atoms with E-state index >= 15 is 0 Å². The zero-order chi connectivity index (χ0) is 20.2. The van der Waals surface area contributed by atoms with Crippen LogP contribution in [0.5, 0.6) is 0 Å². The minimum absolute atomic E-state index is 0.0420. The molecular formula is C21H26N4O2S. The van der Waals surface area contributed by atoms with E-state index in [0.717, 1.165) is 40.9 Å². The van der Waals surface area contributed by atoms with E-state index in [1.54, 1.807) is 10.6 Å². The highest BCUT2D eigenvalue weighted by molar-refractivity contribution is 7.91. The fourth-order valence-corrected chi connectivity index (χ4v) is 4.70. The topological polar surface area (TPSA) is 80.2 Å². The summed E-state index contributed by atoms with van der Waals surface area (Å²) >= 11 is 0. The third-order valence-corrected chi connectivity index (χ3v) is 6.66. The smallest absolute Gasteiger partial charge is 0.277 e. The van der Waals surface area contributed by atoms with Gasteiger partial charge in [0.15, 0.2) is 0 Å². The standard InChI is InChI=1S/C21H26N4O2S/c1-13(2)17-12-24(11-15-5-8-19(14(3)9-15)28(4,22)27)20-10-18(16-6-7-16)23-25(20)21(17)26/h5,8-10,12-13,16,22H,6-7,11H2,1-4H3/t28-/m0/s1. The predicted octanol–water partition coefficient (Wildman–Crippen LogP) is 3.89. The van der Waals surface area contributed by atoms with Crippen LogP contribution in [0.2, 0.25) is 0 Å². The zero-order valence-corrected chi connectivity index (χ0v) is 17.5. The van der Waals surface area contributed by atoms with Crippen molar-refractivity contribution in [2.75, 3.05) is 6.26 Å². The average Bonchev–Trinajstić information content (AvgIpc) is 3.34. The lowest BCUT2D eigenvalue weighted by molar-refractivity contribution is 0.678. The molecule has 28 heavy (non-hydrogen) atoms. The van der Waals surface area contributed by atoms with Gasteiger partial charge < -0.3 is 4.57 Å². The number of aromatic nitrogens is 3. The molecule has 7 heteroatoms. The fourth-order valence-electron chi connectivity index (χ4n) is 3.70. The van der Waals surface area contributed by atoms with Crippen LogP contribution in [0.15, 0.2) is 40.2 Å². The molecule has 148 valence electrons. The number of aryl methyl sites for hydroxylation is 1. The molecule has 1 fully saturated rings. The third-order valence-electron chi connectivity index (χ3n) is 5.37. The van der Waals surface area contributed by atoms with Gasteiger partial charge in [-0.3, -0.25) is 4.79 Å². The molecule has 2 heterocycles. The Morgan fingerprint density at radius 2 is 2.00 bits per heavy atom. The van der Waals surface area contributed by atoms with Crippen molar-refractivity contribution in [3.05, 3.63) is 63.2 Å². The van der Waals surface area contributed by atoms with E-state index in [4.69, 9.17) is 4.78 Å². The molecule has 1 aliphatic carbocycles. The Balaban J connectivity index is 1.83. The average molecular weight is 399 g/mol. The van der Waals surface area contributed by atoms with Gasteiger partial charge in [-0.2, -0.15) is 9.61 Å². The summed E-state index contributed by atoms with van der Waals surface area (Å²) in [5.74, 6) is 0.584. The summed E-state index contributed by atoms with van der Waals surface area (Å²) < 4.78 is 23.6. The van der Waals surface area contributed by atoms with Gasteiger partial charge in [-0.1, -0.05) is 26.0 Å². The number of nitrogens with one attached hydrogen (secondary N) is 1. The molecule has 0 bridgehead atoms. The Labute approximate surface area is 165 Å². The Morgan fingerprint density at radius 1 is 1.29 bits per heavy atom. The molecule has 0 unspecified atom stereocenters. The van der Waals surface area contributed by atoms with E-state index in [1.165, 1.54) is 6.26 Å². The van der Waals surface area contributed by atoms with Crippen molar-refractivity contribution in [1.29, 1.82) is 4.78 Å². The van der Waals surface area contributed by atoms with Crippen LogP contribution in [0.3, 0.4) is 0 Å². The van der Waals surface area contributed by atoms with Crippen molar-refractivity contribution in [3.8, 4) is 0 Å². The summed E-state index contributed by atoms with van der Waals surface area (Å²) in [7, 11) is -2.74. The summed E-state index contributed by atoms with van der Waals surface area (Å²) in [6, 6.07) is 7.72. The molecule has 1 N–H and O–H groups in total. The monoisotopic (exact) mass is 398 g/mol. The number of nitrogens with zero attached hydrogens (tertiary/aromatic N) is 3. The maximum absolute atomic E-state index is 12.9. The van der Waals surface area contributed by atoms with Crippen molar-refractivity contribution in [3.63, 3.8) is 0 Å². The Hall–Kier alpha value is -2.41. The SMILES string of the molecule is Cc1cc(Cn2cc(C(C)C)c(=O)n3nc(C4CC4)cc23)ccc1[S@@](C)(=N)=O. The molecule has 0 aliphatic heterocycles. The fraction of sp³-hybridized carbons (Fsp3) is 0.429. The first kappa shape index (κ1) is 18.9. The van der Waals surface area contributed by atoms with E-state index in [0.29, 0.717) is 17.4 Å². The van der Waals surface area contributed by atoms with Crippen LogP contribution in [-0.4, -0.2) is 24.6 Å². The Bertz CT molecular complexity index is 1230. The molecule has 0 amide bonds. The molecule has 0 saturated heterocycles. The number of benzene rings is 1. The Morgan fingerprint density at radius 3 is 2.57 bits per heavy atom. The van der Waals surface area contributed by atoms with Crippen LogP contribution in [-0.2, 0) is 16.3 Å². The second kappa shape index (κ2) is 6.58. The number of fused-ring (bicyclic) bond motifs is 1. The number of rotatable bonds is 5. The minimum atomic E-state index is -2.74. The molecule has 4 rings (SSSR count). The molecule has 2 aromatic heterocycles. The van der Waals surface area contributed by atoms with Gasteiger partial charge in [-0.05, 0) is 42.9 Å². The van der Waals surface area contributed by atoms with Crippen LogP contribution in [0, 0.1) is 11.7 Å². The first-order chi connectivity index (χ1) is 13.1. The van der Waals surface area contributed by atoms with Crippen molar-refractivity contribution in [2.24, 2.45) is 0 Å². The number of hydrogen-bond donors (Lipinski definition) is 1. The highest BCUT2D eigenvalue weighted by Gasteiger charge is 2.27. The molecule has 0 radical (unpaired) electrons. The summed E-state index contributed by atoms with van der Waals surface area (Å²) in [6.45, 7) is 6.51. The lowest BCUT2D eigenvalue weighted by atomic mass is 10.1. The molecular weight excluding hydrogens is 372 g/mol. The maximum Gasteiger partial charge on any atom is 0.277 e. The maximum atomic E-state index is 12.9. The van der Waals surface area contributed by atoms with Gasteiger partial charge in [0.1, 0.15) is 5.65 Å². The molecule has 6 nitrogen and oxygen atoms in total. The summed E-state index contributed by atoms with van der Waals surface area (Å²) in [5.41, 5.74) is 4.40. The molecule has 0 spiro atoms. The quantitative estimate of drug-likeness (QED) is 0.708. The van der Waals surface area contributed by atoms with E-state index < -0.39 is 9.73 Å². The first-order valence-electron chi connectivity index (χ1n) is 9.61. The molecule has 1 atom stereocenters. The van der Waals surface area contributed by atoms with Gasteiger partial charge in [0.2, 0.25) is 0 Å². The van der Waals surface area contributed by atoms with Gasteiger partial charge in [0, 0.05) is 41.4 Å². The minimum Gasteiger partial charge on any atom is -0.328 e. The van der Waals surface area contributed by atoms with Gasteiger partial charge in [0.05, 0.1) is 15.4 Å². The van der Waals surface area contributed by atoms with Crippen molar-refractivity contribution < 1.29 is 4.21 Å². The highest BCUT2D eigenvalue weighted by Crippen LogP contribution is 2.39. The van der Waals surface area contributed by atoms with Crippen molar-refractivity contribution in [1.82, 2.24) is 14.2 Å². The summed E-state index contributed by atoms with van der Waals surface area (Å²) in [6.07, 6.45) is 5.66. The van der Waals surface area contributed by atoms with Crippen LogP contribution < -0.4 is 5.56 Å². The second-order valence-corrected chi connectivity index (χ2v) is 10.4. The van der Waals surface area contributed by atoms with E-state index in [-0.39, 0.29) is 11.5 Å². The largest absolute Gasteiger partial charge is 0.328 e. The second-order valence-electron chi connectivity index (χ2n) is 8.23. The van der Waals surface area contributed by atoms with Crippen LogP contribution in [0.25, 0.3) is 5.65 Å². The zero-order valence-electron chi connectivity index (χ0n) is 16.7. The molecule has 3 aromatic rings. The van der Waals surface area contributed by atoms with Crippen molar-refractivity contribution >= 4 is 15.4 Å². The van der Waals surface area contributed by atoms with E-state index in [2.05, 4.69) is 9.67 Å². The lowest BCUT2D eigenvalue weighted by Crippen LogP contribution is -2.24. The van der Waals surface area contributed by atoms with Gasteiger partial charge in [-0.25, -0.2) is 8.99 Å². The van der Waals surface area contributed by atoms with Crippen LogP contribution >= 0.6 is 0 Å². The van der Waals surface area contributed by atoms with Gasteiger partial charge in [-0.15, -0.1) is 0 Å². The number of hydrogen-bond acceptors (Lipinski definition) is 4. The Kier molecular flexibility index (Phi) is 4.45. The normalized spacial score (nSPS) is 16.6. The highest BCUT2D eigenvalue weighted by atomic mass is 32.2. The first-order valence-corrected chi connectivity index (χ1v) is 11.6. The van der Waals surface area contributed by atoms with E-state index in [1.807, 2.05) is 45.2 Å². The molecule has 1 aromatic carbocycles. The summed E-state index contributed by atoms with van der Waals surface area (Å²) in [4.78, 5) is 13.4. The molecule has 1 saturated carbocycles. The summed E-state index contributed by atoms with van der Waals surface area (Å²) in [5, 5.41) is 4.60. The lowest BCUT2D eigenvalue weighted by Gasteiger charge is -2.14. The van der Waals surface area contributed by atoms with E-state index in [9.17, 15) is 9.00 Å². The van der Waals surface area contributed by atoms with Gasteiger partial charge in [0.25, 0.3) is 5.56 Å². The van der Waals surface area contributed by atoms with Gasteiger partial charge >= 0.3 is 0 Å². The third kappa shape index (κ3) is 3.39. The predicted molar refractivity (Wildman–Crippen MR) is 111 cm³/mol. The molecule has 1 aliphatic rings. The van der Waals surface area contributed by atoms with Crippen LogP contribution in [0.1, 0.15) is 60.9 Å². The van der Waals surface area contributed by atoms with Crippen molar-refractivity contribution in [2.45, 2.75) is 56.9 Å².